The van der Waals surface area contributed by atoms with Crippen LogP contribution >= 0.6 is 0 Å². The number of piperidine rings is 1. The monoisotopic (exact) mass is 332 g/mol. The maximum absolute atomic E-state index is 12.4. The molecule has 0 aromatic heterocycles. The van der Waals surface area contributed by atoms with Gasteiger partial charge in [-0.05, 0) is 25.3 Å². The lowest BCUT2D eigenvalue weighted by molar-refractivity contribution is -0.386. The molecule has 1 heterocycles. The van der Waals surface area contributed by atoms with Crippen molar-refractivity contribution in [2.24, 2.45) is 5.73 Å². The van der Waals surface area contributed by atoms with Crippen LogP contribution in [0.5, 0.6) is 11.5 Å². The van der Waals surface area contributed by atoms with Gasteiger partial charge in [0, 0.05) is 24.7 Å². The second kappa shape index (κ2) is 6.87. The van der Waals surface area contributed by atoms with Gasteiger partial charge in [0.1, 0.15) is 11.6 Å². The van der Waals surface area contributed by atoms with Gasteiger partial charge in [-0.3, -0.25) is 14.9 Å². The maximum atomic E-state index is 12.4. The van der Waals surface area contributed by atoms with Crippen LogP contribution in [0.25, 0.3) is 5.70 Å². The van der Waals surface area contributed by atoms with Gasteiger partial charge in [0.15, 0.2) is 5.75 Å². The van der Waals surface area contributed by atoms with Crippen molar-refractivity contribution in [1.29, 1.82) is 5.26 Å². The highest BCUT2D eigenvalue weighted by Gasteiger charge is 2.25. The highest BCUT2D eigenvalue weighted by Crippen LogP contribution is 2.37. The zero-order valence-electron chi connectivity index (χ0n) is 12.7. The number of likely N-dealkylation sites (tertiary alicyclic amines) is 1. The van der Waals surface area contributed by atoms with E-state index < -0.39 is 28.0 Å². The van der Waals surface area contributed by atoms with Crippen molar-refractivity contribution in [3.8, 4) is 17.6 Å². The van der Waals surface area contributed by atoms with Gasteiger partial charge in [-0.25, -0.2) is 0 Å². The van der Waals surface area contributed by atoms with Gasteiger partial charge in [0.25, 0.3) is 5.91 Å². The first-order valence-electron chi connectivity index (χ1n) is 7.26. The third-order valence-electron chi connectivity index (χ3n) is 3.82. The van der Waals surface area contributed by atoms with Gasteiger partial charge in [0.05, 0.1) is 10.6 Å². The second-order valence-electron chi connectivity index (χ2n) is 5.37. The van der Waals surface area contributed by atoms with Crippen molar-refractivity contribution < 1.29 is 19.9 Å². The molecule has 2 rings (SSSR count). The van der Waals surface area contributed by atoms with Crippen LogP contribution < -0.4 is 5.73 Å². The Morgan fingerprint density at radius 2 is 1.92 bits per heavy atom. The van der Waals surface area contributed by atoms with Crippen LogP contribution in [0.1, 0.15) is 24.8 Å². The number of nitrogens with zero attached hydrogens (tertiary/aromatic N) is 3. The molecule has 0 unspecified atom stereocenters. The molecule has 9 nitrogen and oxygen atoms in total. The molecule has 0 saturated carbocycles. The number of carbonyl (C=O) groups excluding carboxylic acids is 1. The molecule has 0 atom stereocenters. The van der Waals surface area contributed by atoms with Crippen molar-refractivity contribution >= 4 is 17.3 Å². The van der Waals surface area contributed by atoms with Crippen LogP contribution in [0.2, 0.25) is 0 Å². The summed E-state index contributed by atoms with van der Waals surface area (Å²) >= 11 is 0. The van der Waals surface area contributed by atoms with Crippen molar-refractivity contribution in [3.05, 3.63) is 33.4 Å². The molecular weight excluding hydrogens is 316 g/mol. The third kappa shape index (κ3) is 3.22. The van der Waals surface area contributed by atoms with Crippen molar-refractivity contribution in [2.45, 2.75) is 19.3 Å². The molecule has 1 fully saturated rings. The summed E-state index contributed by atoms with van der Waals surface area (Å²) in [5.74, 6) is -2.22. The molecule has 9 heteroatoms. The maximum Gasteiger partial charge on any atom is 0.315 e. The van der Waals surface area contributed by atoms with E-state index in [1.54, 1.807) is 6.07 Å². The smallest absolute Gasteiger partial charge is 0.315 e. The summed E-state index contributed by atoms with van der Waals surface area (Å²) in [5.41, 5.74) is 4.35. The summed E-state index contributed by atoms with van der Waals surface area (Å²) in [7, 11) is 0. The van der Waals surface area contributed by atoms with Gasteiger partial charge in [-0.15, -0.1) is 0 Å². The lowest BCUT2D eigenvalue weighted by atomic mass is 10.0. The molecule has 1 aromatic rings. The Bertz CT molecular complexity index is 760. The highest BCUT2D eigenvalue weighted by molar-refractivity contribution is 6.04. The van der Waals surface area contributed by atoms with E-state index in [4.69, 9.17) is 5.73 Å². The number of hydrogen-bond acceptors (Lipinski definition) is 7. The normalized spacial score (nSPS) is 15.4. The number of carbonyl (C=O) groups is 1. The Balaban J connectivity index is 2.48. The number of nitro benzene ring substituents is 1. The zero-order valence-corrected chi connectivity index (χ0v) is 12.7. The minimum Gasteiger partial charge on any atom is -0.504 e. The molecule has 4 N–H and O–H groups in total. The van der Waals surface area contributed by atoms with Crippen LogP contribution in [0.4, 0.5) is 5.69 Å². The molecule has 1 aliphatic rings. The first-order chi connectivity index (χ1) is 11.4. The summed E-state index contributed by atoms with van der Waals surface area (Å²) in [6.07, 6.45) is 2.66. The van der Waals surface area contributed by atoms with Crippen molar-refractivity contribution in [3.63, 3.8) is 0 Å². The number of rotatable bonds is 3. The fourth-order valence-electron chi connectivity index (χ4n) is 2.52. The fraction of sp³-hybridized carbons (Fsp3) is 0.333. The van der Waals surface area contributed by atoms with Crippen LogP contribution in [-0.2, 0) is 4.79 Å². The fourth-order valence-corrected chi connectivity index (χ4v) is 2.52. The molecule has 1 amide bonds. The molecule has 0 radical (unpaired) electrons. The summed E-state index contributed by atoms with van der Waals surface area (Å²) in [4.78, 5) is 23.9. The SMILES string of the molecule is N#CC(C(=O)N1CCCCC1)=C(N)c1cc(O)c(O)c([N+](=O)[O-])c1. The second-order valence-corrected chi connectivity index (χ2v) is 5.37. The van der Waals surface area contributed by atoms with E-state index in [0.717, 1.165) is 31.4 Å². The van der Waals surface area contributed by atoms with Gasteiger partial charge < -0.3 is 20.8 Å². The standard InChI is InChI=1S/C15H16N4O5/c16-8-10(15(22)18-4-2-1-3-5-18)13(17)9-6-11(19(23)24)14(21)12(20)7-9/h6-7,20-21H,1-5,17H2. The lowest BCUT2D eigenvalue weighted by Gasteiger charge is -2.26. The number of aromatic hydroxyl groups is 2. The molecule has 126 valence electrons. The topological polar surface area (TPSA) is 154 Å². The summed E-state index contributed by atoms with van der Waals surface area (Å²) in [6.45, 7) is 1.02. The lowest BCUT2D eigenvalue weighted by Crippen LogP contribution is -2.37. The van der Waals surface area contributed by atoms with E-state index in [1.165, 1.54) is 4.90 Å². The zero-order chi connectivity index (χ0) is 17.9. The summed E-state index contributed by atoms with van der Waals surface area (Å²) < 4.78 is 0. The average Bonchev–Trinajstić information content (AvgIpc) is 2.58. The van der Waals surface area contributed by atoms with E-state index in [9.17, 15) is 30.4 Å². The Hall–Kier alpha value is -3.28. The number of hydrogen-bond donors (Lipinski definition) is 3. The third-order valence-corrected chi connectivity index (χ3v) is 3.82. The van der Waals surface area contributed by atoms with E-state index in [-0.39, 0.29) is 16.8 Å². The number of amides is 1. The Morgan fingerprint density at radius 1 is 1.29 bits per heavy atom. The van der Waals surface area contributed by atoms with E-state index in [2.05, 4.69) is 0 Å². The Morgan fingerprint density at radius 3 is 2.46 bits per heavy atom. The molecule has 0 aliphatic carbocycles. The number of phenolic OH excluding ortho intramolecular Hbond substituents is 2. The number of phenols is 2. The summed E-state index contributed by atoms with van der Waals surface area (Å²) in [6, 6.07) is 3.61. The molecular formula is C15H16N4O5. The summed E-state index contributed by atoms with van der Waals surface area (Å²) in [5, 5.41) is 39.3. The molecule has 1 aromatic carbocycles. The van der Waals surface area contributed by atoms with Crippen LogP contribution in [0, 0.1) is 21.4 Å². The number of nitro groups is 1. The van der Waals surface area contributed by atoms with E-state index in [1.807, 2.05) is 0 Å². The number of benzene rings is 1. The number of nitrogens with two attached hydrogens (primary N) is 1. The molecule has 1 saturated heterocycles. The predicted octanol–water partition coefficient (Wildman–Crippen LogP) is 1.21. The molecule has 0 spiro atoms. The minimum atomic E-state index is -0.905. The van der Waals surface area contributed by atoms with E-state index in [0.29, 0.717) is 13.1 Å². The number of nitriles is 1. The van der Waals surface area contributed by atoms with Gasteiger partial charge in [-0.2, -0.15) is 5.26 Å². The molecule has 1 aliphatic heterocycles. The van der Waals surface area contributed by atoms with Gasteiger partial charge in [0.2, 0.25) is 5.75 Å². The molecule has 0 bridgehead atoms. The quantitative estimate of drug-likeness (QED) is 0.247. The van der Waals surface area contributed by atoms with Crippen molar-refractivity contribution in [2.75, 3.05) is 13.1 Å². The van der Waals surface area contributed by atoms with Gasteiger partial charge >= 0.3 is 5.69 Å². The van der Waals surface area contributed by atoms with Crippen LogP contribution in [0.3, 0.4) is 0 Å². The van der Waals surface area contributed by atoms with Crippen molar-refractivity contribution in [1.82, 2.24) is 4.90 Å². The van der Waals surface area contributed by atoms with Gasteiger partial charge in [-0.1, -0.05) is 0 Å². The largest absolute Gasteiger partial charge is 0.504 e. The Kier molecular flexibility index (Phi) is 4.89. The molecule has 24 heavy (non-hydrogen) atoms. The van der Waals surface area contributed by atoms with E-state index >= 15 is 0 Å². The highest BCUT2D eigenvalue weighted by atomic mass is 16.6. The van der Waals surface area contributed by atoms with Crippen LogP contribution in [0.15, 0.2) is 17.7 Å². The minimum absolute atomic E-state index is 0.0843. The predicted molar refractivity (Wildman–Crippen MR) is 83.6 cm³/mol. The first kappa shape index (κ1) is 17.1. The average molecular weight is 332 g/mol. The Labute approximate surface area is 137 Å². The van der Waals surface area contributed by atoms with Crippen LogP contribution in [-0.4, -0.2) is 39.0 Å². The first-order valence-corrected chi connectivity index (χ1v) is 7.26.